The second-order valence-corrected chi connectivity index (χ2v) is 6.71. The van der Waals surface area contributed by atoms with Crippen LogP contribution in [0.4, 0.5) is 10.5 Å². The summed E-state index contributed by atoms with van der Waals surface area (Å²) in [6, 6.07) is 22.1. The van der Waals surface area contributed by atoms with Gasteiger partial charge >= 0.3 is 6.03 Å². The molecule has 158 valence electrons. The van der Waals surface area contributed by atoms with E-state index in [1.54, 1.807) is 19.2 Å². The van der Waals surface area contributed by atoms with E-state index in [2.05, 4.69) is 16.0 Å². The van der Waals surface area contributed by atoms with E-state index >= 15 is 0 Å². The van der Waals surface area contributed by atoms with Crippen molar-refractivity contribution in [2.24, 2.45) is 0 Å². The second kappa shape index (κ2) is 10.6. The fraction of sp³-hybridized carbons (Fsp3) is 0.125. The van der Waals surface area contributed by atoms with Crippen LogP contribution in [0.3, 0.4) is 0 Å². The van der Waals surface area contributed by atoms with Crippen molar-refractivity contribution in [1.82, 2.24) is 10.6 Å². The third-order valence-electron chi connectivity index (χ3n) is 4.53. The highest BCUT2D eigenvalue weighted by molar-refractivity contribution is 6.07. The van der Waals surface area contributed by atoms with Crippen molar-refractivity contribution in [1.29, 1.82) is 0 Å². The second-order valence-electron chi connectivity index (χ2n) is 6.71. The van der Waals surface area contributed by atoms with Gasteiger partial charge in [-0.25, -0.2) is 4.79 Å². The number of rotatable bonds is 7. The molecule has 0 heterocycles. The Morgan fingerprint density at radius 3 is 2.00 bits per heavy atom. The fourth-order valence-electron chi connectivity index (χ4n) is 2.83. The number of imide groups is 1. The predicted molar refractivity (Wildman–Crippen MR) is 118 cm³/mol. The van der Waals surface area contributed by atoms with Gasteiger partial charge in [-0.05, 0) is 60.5 Å². The zero-order valence-corrected chi connectivity index (χ0v) is 17.1. The molecule has 0 atom stereocenters. The van der Waals surface area contributed by atoms with E-state index in [0.29, 0.717) is 24.2 Å². The van der Waals surface area contributed by atoms with Crippen LogP contribution in [-0.4, -0.2) is 31.5 Å². The molecule has 0 saturated heterocycles. The third kappa shape index (κ3) is 6.43. The van der Waals surface area contributed by atoms with Gasteiger partial charge in [-0.3, -0.25) is 14.9 Å². The highest BCUT2D eigenvalue weighted by Crippen LogP contribution is 2.12. The zero-order valence-electron chi connectivity index (χ0n) is 17.1. The topological polar surface area (TPSA) is 96.5 Å². The smallest absolute Gasteiger partial charge is 0.321 e. The fourth-order valence-corrected chi connectivity index (χ4v) is 2.83. The first-order valence-corrected chi connectivity index (χ1v) is 9.74. The maximum absolute atomic E-state index is 12.3. The van der Waals surface area contributed by atoms with E-state index in [1.165, 1.54) is 24.3 Å². The molecule has 4 amide bonds. The molecule has 0 aliphatic rings. The van der Waals surface area contributed by atoms with Gasteiger partial charge in [-0.15, -0.1) is 0 Å². The molecule has 31 heavy (non-hydrogen) atoms. The summed E-state index contributed by atoms with van der Waals surface area (Å²) in [5.74, 6) is -0.0602. The molecule has 0 radical (unpaired) electrons. The van der Waals surface area contributed by atoms with Gasteiger partial charge < -0.3 is 15.4 Å². The first kappa shape index (κ1) is 21.6. The summed E-state index contributed by atoms with van der Waals surface area (Å²) in [5, 5.41) is 7.70. The molecule has 0 aliphatic carbocycles. The van der Waals surface area contributed by atoms with Crippen LogP contribution in [0.15, 0.2) is 78.9 Å². The van der Waals surface area contributed by atoms with Gasteiger partial charge in [0.2, 0.25) is 0 Å². The van der Waals surface area contributed by atoms with E-state index < -0.39 is 11.9 Å². The summed E-state index contributed by atoms with van der Waals surface area (Å²) < 4.78 is 5.11. The quantitative estimate of drug-likeness (QED) is 0.547. The van der Waals surface area contributed by atoms with Crippen LogP contribution in [0.25, 0.3) is 0 Å². The molecule has 7 heteroatoms. The lowest BCUT2D eigenvalue weighted by molar-refractivity contribution is 0.0961. The number of hydrogen-bond donors (Lipinski definition) is 3. The normalized spacial score (nSPS) is 10.1. The Morgan fingerprint density at radius 1 is 0.774 bits per heavy atom. The Hall–Kier alpha value is -4.13. The molecule has 3 rings (SSSR count). The van der Waals surface area contributed by atoms with Crippen molar-refractivity contribution >= 4 is 23.5 Å². The number of methoxy groups -OCH3 is 1. The van der Waals surface area contributed by atoms with Crippen LogP contribution in [-0.2, 0) is 6.42 Å². The predicted octanol–water partition coefficient (Wildman–Crippen LogP) is 3.63. The van der Waals surface area contributed by atoms with E-state index in [-0.39, 0.29) is 11.5 Å². The van der Waals surface area contributed by atoms with Gasteiger partial charge in [0.1, 0.15) is 5.75 Å². The first-order valence-electron chi connectivity index (χ1n) is 9.74. The number of para-hydroxylation sites is 1. The van der Waals surface area contributed by atoms with Crippen molar-refractivity contribution in [3.05, 3.63) is 95.6 Å². The van der Waals surface area contributed by atoms with Crippen molar-refractivity contribution in [2.45, 2.75) is 6.42 Å². The average molecular weight is 417 g/mol. The lowest BCUT2D eigenvalue weighted by Gasteiger charge is -2.08. The first-order chi connectivity index (χ1) is 15.0. The summed E-state index contributed by atoms with van der Waals surface area (Å²) in [4.78, 5) is 36.5. The molecule has 3 aromatic rings. The van der Waals surface area contributed by atoms with Crippen molar-refractivity contribution in [3.63, 3.8) is 0 Å². The van der Waals surface area contributed by atoms with E-state index in [9.17, 15) is 14.4 Å². The summed E-state index contributed by atoms with van der Waals surface area (Å²) in [6.45, 7) is 0.379. The van der Waals surface area contributed by atoms with E-state index in [0.717, 1.165) is 11.3 Å². The van der Waals surface area contributed by atoms with Gasteiger partial charge in [0.25, 0.3) is 11.8 Å². The number of urea groups is 1. The Morgan fingerprint density at radius 2 is 1.39 bits per heavy atom. The molecule has 0 aliphatic heterocycles. The highest BCUT2D eigenvalue weighted by atomic mass is 16.5. The SMILES string of the molecule is COc1ccc(CCNC(=O)NC(=O)c2ccc(C(=O)Nc3ccccc3)cc2)cc1. The Bertz CT molecular complexity index is 1030. The summed E-state index contributed by atoms with van der Waals surface area (Å²) in [7, 11) is 1.60. The number of nitrogens with one attached hydrogen (secondary N) is 3. The number of amides is 4. The minimum absolute atomic E-state index is 0.279. The standard InChI is InChI=1S/C24H23N3O4/c1-31-21-13-7-17(8-14-21)15-16-25-24(30)27-23(29)19-11-9-18(10-12-19)22(28)26-20-5-3-2-4-6-20/h2-14H,15-16H2,1H3,(H,26,28)(H2,25,27,29,30). The van der Waals surface area contributed by atoms with Crippen LogP contribution in [0.5, 0.6) is 5.75 Å². The van der Waals surface area contributed by atoms with Gasteiger partial charge in [-0.1, -0.05) is 30.3 Å². The molecule has 3 aromatic carbocycles. The molecule has 0 spiro atoms. The average Bonchev–Trinajstić information content (AvgIpc) is 2.80. The molecule has 7 nitrogen and oxygen atoms in total. The van der Waals surface area contributed by atoms with Crippen molar-refractivity contribution in [3.8, 4) is 5.75 Å². The zero-order chi connectivity index (χ0) is 22.1. The maximum Gasteiger partial charge on any atom is 0.321 e. The minimum atomic E-state index is -0.579. The number of benzene rings is 3. The largest absolute Gasteiger partial charge is 0.497 e. The molecule has 0 fully saturated rings. The Labute approximate surface area is 180 Å². The molecule has 0 saturated carbocycles. The van der Waals surface area contributed by atoms with E-state index in [1.807, 2.05) is 42.5 Å². The van der Waals surface area contributed by atoms with Gasteiger partial charge in [-0.2, -0.15) is 0 Å². The number of carbonyl (C=O) groups is 3. The lowest BCUT2D eigenvalue weighted by Crippen LogP contribution is -2.40. The van der Waals surface area contributed by atoms with Crippen LogP contribution in [0.1, 0.15) is 26.3 Å². The Balaban J connectivity index is 1.46. The molecule has 0 unspecified atom stereocenters. The van der Waals surface area contributed by atoms with Crippen LogP contribution >= 0.6 is 0 Å². The summed E-state index contributed by atoms with van der Waals surface area (Å²) in [6.07, 6.45) is 0.622. The number of anilines is 1. The molecular formula is C24H23N3O4. The molecule has 0 bridgehead atoms. The van der Waals surface area contributed by atoms with Gasteiger partial charge in [0.05, 0.1) is 7.11 Å². The number of hydrogen-bond acceptors (Lipinski definition) is 4. The van der Waals surface area contributed by atoms with Crippen LogP contribution in [0, 0.1) is 0 Å². The highest BCUT2D eigenvalue weighted by Gasteiger charge is 2.12. The molecular weight excluding hydrogens is 394 g/mol. The van der Waals surface area contributed by atoms with Crippen LogP contribution < -0.4 is 20.7 Å². The van der Waals surface area contributed by atoms with Crippen molar-refractivity contribution in [2.75, 3.05) is 19.0 Å². The lowest BCUT2D eigenvalue weighted by atomic mass is 10.1. The number of ether oxygens (including phenoxy) is 1. The molecule has 3 N–H and O–H groups in total. The van der Waals surface area contributed by atoms with Crippen molar-refractivity contribution < 1.29 is 19.1 Å². The number of carbonyl (C=O) groups excluding carboxylic acids is 3. The summed E-state index contributed by atoms with van der Waals surface area (Å²) in [5.41, 5.74) is 2.41. The molecule has 0 aromatic heterocycles. The third-order valence-corrected chi connectivity index (χ3v) is 4.53. The van der Waals surface area contributed by atoms with Gasteiger partial charge in [0, 0.05) is 23.4 Å². The minimum Gasteiger partial charge on any atom is -0.497 e. The van der Waals surface area contributed by atoms with Gasteiger partial charge in [0.15, 0.2) is 0 Å². The Kier molecular flexibility index (Phi) is 7.37. The summed E-state index contributed by atoms with van der Waals surface area (Å²) >= 11 is 0. The van der Waals surface area contributed by atoms with Crippen LogP contribution in [0.2, 0.25) is 0 Å². The van der Waals surface area contributed by atoms with E-state index in [4.69, 9.17) is 4.74 Å². The monoisotopic (exact) mass is 417 g/mol. The maximum atomic E-state index is 12.3.